The van der Waals surface area contributed by atoms with Crippen molar-refractivity contribution in [3.8, 4) is 0 Å². The Labute approximate surface area is 114 Å². The van der Waals surface area contributed by atoms with E-state index >= 15 is 0 Å². The van der Waals surface area contributed by atoms with Gasteiger partial charge in [0.25, 0.3) is 0 Å². The minimum Gasteiger partial charge on any atom is -0.310 e. The molecule has 0 aromatic rings. The lowest BCUT2D eigenvalue weighted by atomic mass is 9.82. The predicted molar refractivity (Wildman–Crippen MR) is 78.9 cm³/mol. The van der Waals surface area contributed by atoms with E-state index < -0.39 is 0 Å². The zero-order valence-electron chi connectivity index (χ0n) is 12.6. The molecule has 1 heterocycles. The summed E-state index contributed by atoms with van der Waals surface area (Å²) >= 11 is 0. The molecule has 1 saturated carbocycles. The van der Waals surface area contributed by atoms with E-state index in [1.54, 1.807) is 0 Å². The Morgan fingerprint density at radius 3 is 2.39 bits per heavy atom. The molecular weight excluding hydrogens is 220 g/mol. The van der Waals surface area contributed by atoms with Crippen molar-refractivity contribution >= 4 is 0 Å². The maximum atomic E-state index is 3.98. The third kappa shape index (κ3) is 3.71. The number of hydrogen-bond donors (Lipinski definition) is 1. The van der Waals surface area contributed by atoms with Crippen LogP contribution in [-0.4, -0.2) is 36.1 Å². The molecule has 0 radical (unpaired) electrons. The molecule has 18 heavy (non-hydrogen) atoms. The van der Waals surface area contributed by atoms with E-state index in [0.29, 0.717) is 6.04 Å². The van der Waals surface area contributed by atoms with Gasteiger partial charge in [-0.15, -0.1) is 0 Å². The molecule has 0 amide bonds. The molecular formula is C16H32N2. The fourth-order valence-corrected chi connectivity index (χ4v) is 3.82. The molecule has 2 atom stereocenters. The van der Waals surface area contributed by atoms with Crippen molar-refractivity contribution in [1.29, 1.82) is 0 Å². The Bertz CT molecular complexity index is 233. The van der Waals surface area contributed by atoms with Crippen LogP contribution in [0, 0.1) is 5.92 Å². The van der Waals surface area contributed by atoms with Crippen LogP contribution in [0.4, 0.5) is 0 Å². The molecule has 1 aliphatic carbocycles. The SMILES string of the molecule is CCC(NC1CCN(C(C)C)C1)C1CCCCC1. The van der Waals surface area contributed by atoms with Crippen molar-refractivity contribution in [3.63, 3.8) is 0 Å². The lowest BCUT2D eigenvalue weighted by Gasteiger charge is -2.32. The monoisotopic (exact) mass is 252 g/mol. The topological polar surface area (TPSA) is 15.3 Å². The van der Waals surface area contributed by atoms with Crippen LogP contribution in [0.2, 0.25) is 0 Å². The summed E-state index contributed by atoms with van der Waals surface area (Å²) in [5.74, 6) is 0.955. The van der Waals surface area contributed by atoms with Gasteiger partial charge >= 0.3 is 0 Å². The summed E-state index contributed by atoms with van der Waals surface area (Å²) in [7, 11) is 0. The molecule has 2 fully saturated rings. The number of nitrogens with one attached hydrogen (secondary N) is 1. The van der Waals surface area contributed by atoms with Gasteiger partial charge in [-0.05, 0) is 52.0 Å². The molecule has 2 nitrogen and oxygen atoms in total. The Morgan fingerprint density at radius 2 is 1.83 bits per heavy atom. The number of nitrogens with zero attached hydrogens (tertiary/aromatic N) is 1. The number of rotatable bonds is 5. The summed E-state index contributed by atoms with van der Waals surface area (Å²) in [6.45, 7) is 9.56. The smallest absolute Gasteiger partial charge is 0.0210 e. The third-order valence-corrected chi connectivity index (χ3v) is 5.06. The molecule has 0 bridgehead atoms. The second kappa shape index (κ2) is 6.91. The van der Waals surface area contributed by atoms with Crippen LogP contribution < -0.4 is 5.32 Å². The highest BCUT2D eigenvalue weighted by atomic mass is 15.2. The Morgan fingerprint density at radius 1 is 1.11 bits per heavy atom. The highest BCUT2D eigenvalue weighted by Gasteiger charge is 2.29. The van der Waals surface area contributed by atoms with E-state index in [2.05, 4.69) is 31.0 Å². The van der Waals surface area contributed by atoms with Gasteiger partial charge < -0.3 is 5.32 Å². The first-order valence-corrected chi connectivity index (χ1v) is 8.20. The maximum absolute atomic E-state index is 3.98. The zero-order chi connectivity index (χ0) is 13.0. The fraction of sp³-hybridized carbons (Fsp3) is 1.00. The summed E-state index contributed by atoms with van der Waals surface area (Å²) < 4.78 is 0. The molecule has 106 valence electrons. The lowest BCUT2D eigenvalue weighted by Crippen LogP contribution is -2.44. The molecule has 0 spiro atoms. The highest BCUT2D eigenvalue weighted by Crippen LogP contribution is 2.28. The van der Waals surface area contributed by atoms with E-state index in [1.807, 2.05) is 0 Å². The van der Waals surface area contributed by atoms with E-state index in [4.69, 9.17) is 0 Å². The molecule has 1 aliphatic heterocycles. The van der Waals surface area contributed by atoms with Crippen LogP contribution in [0.1, 0.15) is 65.7 Å². The summed E-state index contributed by atoms with van der Waals surface area (Å²) in [5, 5.41) is 3.98. The van der Waals surface area contributed by atoms with Crippen molar-refractivity contribution in [2.45, 2.75) is 83.8 Å². The van der Waals surface area contributed by atoms with Gasteiger partial charge in [0.15, 0.2) is 0 Å². The van der Waals surface area contributed by atoms with Gasteiger partial charge in [-0.3, -0.25) is 4.90 Å². The van der Waals surface area contributed by atoms with Crippen molar-refractivity contribution in [2.24, 2.45) is 5.92 Å². The van der Waals surface area contributed by atoms with E-state index in [0.717, 1.165) is 18.0 Å². The number of likely N-dealkylation sites (tertiary alicyclic amines) is 1. The van der Waals surface area contributed by atoms with Crippen LogP contribution in [0.15, 0.2) is 0 Å². The first kappa shape index (κ1) is 14.3. The van der Waals surface area contributed by atoms with Crippen LogP contribution in [-0.2, 0) is 0 Å². The average molecular weight is 252 g/mol. The normalized spacial score (nSPS) is 29.0. The second-order valence-corrected chi connectivity index (χ2v) is 6.65. The van der Waals surface area contributed by atoms with Crippen molar-refractivity contribution in [3.05, 3.63) is 0 Å². The fourth-order valence-electron chi connectivity index (χ4n) is 3.82. The first-order chi connectivity index (χ1) is 8.70. The highest BCUT2D eigenvalue weighted by molar-refractivity contribution is 4.87. The minimum absolute atomic E-state index is 0.714. The molecule has 2 heteroatoms. The molecule has 1 saturated heterocycles. The molecule has 0 aromatic carbocycles. The van der Waals surface area contributed by atoms with E-state index in [9.17, 15) is 0 Å². The van der Waals surface area contributed by atoms with Gasteiger partial charge in [-0.25, -0.2) is 0 Å². The maximum Gasteiger partial charge on any atom is 0.0210 e. The lowest BCUT2D eigenvalue weighted by molar-refractivity contribution is 0.231. The first-order valence-electron chi connectivity index (χ1n) is 8.20. The molecule has 0 aromatic heterocycles. The summed E-state index contributed by atoms with van der Waals surface area (Å²) in [4.78, 5) is 2.62. The minimum atomic E-state index is 0.714. The second-order valence-electron chi connectivity index (χ2n) is 6.65. The Hall–Kier alpha value is -0.0800. The van der Waals surface area contributed by atoms with Crippen LogP contribution >= 0.6 is 0 Å². The van der Waals surface area contributed by atoms with Gasteiger partial charge in [0, 0.05) is 24.7 Å². The average Bonchev–Trinajstić information content (AvgIpc) is 2.86. The Kier molecular flexibility index (Phi) is 5.50. The number of hydrogen-bond acceptors (Lipinski definition) is 2. The van der Waals surface area contributed by atoms with Crippen molar-refractivity contribution in [1.82, 2.24) is 10.2 Å². The summed E-state index contributed by atoms with van der Waals surface area (Å²) in [6, 6.07) is 2.24. The van der Waals surface area contributed by atoms with Gasteiger partial charge in [-0.1, -0.05) is 26.2 Å². The van der Waals surface area contributed by atoms with Gasteiger partial charge in [0.2, 0.25) is 0 Å². The van der Waals surface area contributed by atoms with Crippen molar-refractivity contribution in [2.75, 3.05) is 13.1 Å². The van der Waals surface area contributed by atoms with Gasteiger partial charge in [0.05, 0.1) is 0 Å². The molecule has 2 unspecified atom stereocenters. The van der Waals surface area contributed by atoms with Crippen molar-refractivity contribution < 1.29 is 0 Å². The molecule has 2 rings (SSSR count). The van der Waals surface area contributed by atoms with Crippen LogP contribution in [0.25, 0.3) is 0 Å². The predicted octanol–water partition coefficient (Wildman–Crippen LogP) is 3.42. The van der Waals surface area contributed by atoms with Crippen LogP contribution in [0.5, 0.6) is 0 Å². The van der Waals surface area contributed by atoms with Crippen LogP contribution in [0.3, 0.4) is 0 Å². The quantitative estimate of drug-likeness (QED) is 0.806. The van der Waals surface area contributed by atoms with Gasteiger partial charge in [-0.2, -0.15) is 0 Å². The van der Waals surface area contributed by atoms with Gasteiger partial charge in [0.1, 0.15) is 0 Å². The summed E-state index contributed by atoms with van der Waals surface area (Å²) in [5.41, 5.74) is 0. The third-order valence-electron chi connectivity index (χ3n) is 5.06. The largest absolute Gasteiger partial charge is 0.310 e. The molecule has 2 aliphatic rings. The van der Waals surface area contributed by atoms with E-state index in [1.165, 1.54) is 58.0 Å². The van der Waals surface area contributed by atoms with E-state index in [-0.39, 0.29) is 0 Å². The summed E-state index contributed by atoms with van der Waals surface area (Å²) in [6.07, 6.45) is 9.98. The standard InChI is InChI=1S/C16H32N2/c1-4-16(14-8-6-5-7-9-14)17-15-10-11-18(12-15)13(2)3/h13-17H,4-12H2,1-3H3. The zero-order valence-corrected chi connectivity index (χ0v) is 12.6. The molecule has 1 N–H and O–H groups in total. The Balaban J connectivity index is 1.79.